The van der Waals surface area contributed by atoms with Gasteiger partial charge in [-0.15, -0.1) is 0 Å². The number of likely N-dealkylation sites (tertiary alicyclic amines) is 1. The molecular formula is C18H25N5O2. The van der Waals surface area contributed by atoms with Gasteiger partial charge in [-0.3, -0.25) is 5.10 Å². The van der Waals surface area contributed by atoms with E-state index in [0.29, 0.717) is 12.5 Å². The Kier molecular flexibility index (Phi) is 5.87. The molecule has 3 rings (SSSR count). The number of H-pyrrole nitrogens is 1. The smallest absolute Gasteiger partial charge is 0.317 e. The minimum absolute atomic E-state index is 0.000275. The lowest BCUT2D eigenvalue weighted by Gasteiger charge is -2.32. The van der Waals surface area contributed by atoms with E-state index in [9.17, 15) is 4.79 Å². The number of para-hydroxylation sites is 1. The van der Waals surface area contributed by atoms with E-state index in [2.05, 4.69) is 27.4 Å². The second-order valence-corrected chi connectivity index (χ2v) is 6.31. The van der Waals surface area contributed by atoms with Crippen LogP contribution in [0.4, 0.5) is 4.79 Å². The first-order chi connectivity index (χ1) is 12.3. The number of carbonyl (C=O) groups excluding carboxylic acids is 1. The molecule has 25 heavy (non-hydrogen) atoms. The van der Waals surface area contributed by atoms with Crippen molar-refractivity contribution in [1.82, 2.24) is 25.4 Å². The average Bonchev–Trinajstić information content (AvgIpc) is 3.20. The maximum absolute atomic E-state index is 12.5. The van der Waals surface area contributed by atoms with Crippen molar-refractivity contribution in [3.05, 3.63) is 42.5 Å². The zero-order valence-corrected chi connectivity index (χ0v) is 14.5. The molecule has 2 heterocycles. The van der Waals surface area contributed by atoms with Gasteiger partial charge >= 0.3 is 6.03 Å². The number of nitrogens with zero attached hydrogens (tertiary/aromatic N) is 3. The summed E-state index contributed by atoms with van der Waals surface area (Å²) in [4.78, 5) is 18.6. The third kappa shape index (κ3) is 4.71. The van der Waals surface area contributed by atoms with Crippen LogP contribution >= 0.6 is 0 Å². The van der Waals surface area contributed by atoms with Gasteiger partial charge in [0.05, 0.1) is 6.04 Å². The third-order valence-corrected chi connectivity index (χ3v) is 4.62. The zero-order chi connectivity index (χ0) is 17.5. The molecule has 2 amide bonds. The van der Waals surface area contributed by atoms with Crippen molar-refractivity contribution in [1.29, 1.82) is 0 Å². The van der Waals surface area contributed by atoms with Crippen LogP contribution in [-0.2, 0) is 0 Å². The Morgan fingerprint density at radius 3 is 2.76 bits per heavy atom. The highest BCUT2D eigenvalue weighted by molar-refractivity contribution is 5.74. The molecule has 1 aliphatic heterocycles. The highest BCUT2D eigenvalue weighted by Crippen LogP contribution is 2.24. The number of benzene rings is 1. The summed E-state index contributed by atoms with van der Waals surface area (Å²) in [6.07, 6.45) is 4.17. The molecule has 0 radical (unpaired) electrons. The lowest BCUT2D eigenvalue weighted by Crippen LogP contribution is -2.49. The second-order valence-electron chi connectivity index (χ2n) is 6.31. The second kappa shape index (κ2) is 8.50. The number of aromatic amines is 1. The minimum Gasteiger partial charge on any atom is -0.491 e. The Balaban J connectivity index is 1.44. The molecule has 1 aromatic carbocycles. The van der Waals surface area contributed by atoms with E-state index in [-0.39, 0.29) is 12.1 Å². The molecule has 7 heteroatoms. The number of urea groups is 1. The first-order valence-corrected chi connectivity index (χ1v) is 8.84. The molecule has 1 fully saturated rings. The van der Waals surface area contributed by atoms with Crippen molar-refractivity contribution in [2.75, 3.05) is 19.7 Å². The van der Waals surface area contributed by atoms with Gasteiger partial charge in [-0.25, -0.2) is 9.78 Å². The molecule has 1 aliphatic rings. The molecule has 1 unspecified atom stereocenters. The van der Waals surface area contributed by atoms with Gasteiger partial charge in [0, 0.05) is 19.0 Å². The van der Waals surface area contributed by atoms with E-state index < -0.39 is 0 Å². The molecular weight excluding hydrogens is 318 g/mol. The van der Waals surface area contributed by atoms with E-state index in [4.69, 9.17) is 4.74 Å². The van der Waals surface area contributed by atoms with Gasteiger partial charge in [-0.2, -0.15) is 5.10 Å². The first kappa shape index (κ1) is 17.3. The molecule has 0 aliphatic carbocycles. The van der Waals surface area contributed by atoms with Crippen molar-refractivity contribution in [2.45, 2.75) is 38.1 Å². The Bertz CT molecular complexity index is 639. The average molecular weight is 343 g/mol. The predicted molar refractivity (Wildman–Crippen MR) is 94.5 cm³/mol. The summed E-state index contributed by atoms with van der Waals surface area (Å²) in [7, 11) is 0. The molecule has 0 saturated carbocycles. The van der Waals surface area contributed by atoms with Crippen LogP contribution in [0.5, 0.6) is 5.75 Å². The van der Waals surface area contributed by atoms with E-state index in [1.165, 1.54) is 6.33 Å². The van der Waals surface area contributed by atoms with Gasteiger partial charge in [-0.1, -0.05) is 25.1 Å². The maximum atomic E-state index is 12.5. The monoisotopic (exact) mass is 343 g/mol. The van der Waals surface area contributed by atoms with Crippen molar-refractivity contribution in [3.8, 4) is 5.75 Å². The molecule has 1 atom stereocenters. The van der Waals surface area contributed by atoms with Crippen molar-refractivity contribution in [2.24, 2.45) is 0 Å². The number of rotatable bonds is 6. The van der Waals surface area contributed by atoms with Crippen molar-refractivity contribution < 1.29 is 9.53 Å². The molecule has 134 valence electrons. The number of ether oxygens (including phenoxy) is 1. The van der Waals surface area contributed by atoms with E-state index >= 15 is 0 Å². The molecule has 0 bridgehead atoms. The molecule has 7 nitrogen and oxygen atoms in total. The van der Waals surface area contributed by atoms with E-state index in [1.807, 2.05) is 35.2 Å². The summed E-state index contributed by atoms with van der Waals surface area (Å²) in [5.41, 5.74) is 0. The van der Waals surface area contributed by atoms with Gasteiger partial charge in [0.1, 0.15) is 24.5 Å². The molecule has 0 spiro atoms. The molecule has 2 N–H and O–H groups in total. The standard InChI is InChI=1S/C18H25N5O2/c1-2-15(12-25-16-6-4-3-5-7-16)21-18(24)23-10-8-14(9-11-23)17-19-13-20-22-17/h3-7,13-15H,2,8-12H2,1H3,(H,21,24)(H,19,20,22). The number of nitrogens with one attached hydrogen (secondary N) is 2. The topological polar surface area (TPSA) is 83.1 Å². The number of hydrogen-bond acceptors (Lipinski definition) is 4. The van der Waals surface area contributed by atoms with E-state index in [0.717, 1.165) is 43.9 Å². The van der Waals surface area contributed by atoms with Gasteiger partial charge in [0.15, 0.2) is 0 Å². The fourth-order valence-corrected chi connectivity index (χ4v) is 3.01. The van der Waals surface area contributed by atoms with Crippen LogP contribution in [0.2, 0.25) is 0 Å². The van der Waals surface area contributed by atoms with Crippen molar-refractivity contribution >= 4 is 6.03 Å². The Labute approximate surface area is 147 Å². The quantitative estimate of drug-likeness (QED) is 0.844. The van der Waals surface area contributed by atoms with Gasteiger partial charge in [0.25, 0.3) is 0 Å². The van der Waals surface area contributed by atoms with Crippen molar-refractivity contribution in [3.63, 3.8) is 0 Å². The lowest BCUT2D eigenvalue weighted by atomic mass is 9.96. The Hall–Kier alpha value is -2.57. The molecule has 1 saturated heterocycles. The summed E-state index contributed by atoms with van der Waals surface area (Å²) in [6, 6.07) is 9.65. The third-order valence-electron chi connectivity index (χ3n) is 4.62. The fourth-order valence-electron chi connectivity index (χ4n) is 3.01. The van der Waals surface area contributed by atoms with Gasteiger partial charge < -0.3 is 15.0 Å². The largest absolute Gasteiger partial charge is 0.491 e. The summed E-state index contributed by atoms with van der Waals surface area (Å²) in [6.45, 7) is 3.98. The van der Waals surface area contributed by atoms with Crippen LogP contribution in [0, 0.1) is 0 Å². The summed E-state index contributed by atoms with van der Waals surface area (Å²) in [5, 5.41) is 9.91. The Morgan fingerprint density at radius 1 is 1.36 bits per heavy atom. The SMILES string of the molecule is CCC(COc1ccccc1)NC(=O)N1CCC(c2ncn[nH]2)CC1. The normalized spacial score (nSPS) is 16.4. The van der Waals surface area contributed by atoms with Crippen LogP contribution in [-0.4, -0.2) is 51.9 Å². The zero-order valence-electron chi connectivity index (χ0n) is 14.5. The van der Waals surface area contributed by atoms with E-state index in [1.54, 1.807) is 0 Å². The first-order valence-electron chi connectivity index (χ1n) is 8.84. The highest BCUT2D eigenvalue weighted by Gasteiger charge is 2.26. The maximum Gasteiger partial charge on any atom is 0.317 e. The summed E-state index contributed by atoms with van der Waals surface area (Å²) < 4.78 is 5.76. The number of carbonyl (C=O) groups is 1. The van der Waals surface area contributed by atoms with Crippen LogP contribution in [0.25, 0.3) is 0 Å². The van der Waals surface area contributed by atoms with Gasteiger partial charge in [-0.05, 0) is 31.4 Å². The number of amides is 2. The Morgan fingerprint density at radius 2 is 2.12 bits per heavy atom. The molecule has 2 aromatic rings. The summed E-state index contributed by atoms with van der Waals surface area (Å²) in [5.74, 6) is 2.10. The number of piperidine rings is 1. The van der Waals surface area contributed by atoms with Crippen LogP contribution in [0.1, 0.15) is 37.9 Å². The lowest BCUT2D eigenvalue weighted by molar-refractivity contribution is 0.169. The summed E-state index contributed by atoms with van der Waals surface area (Å²) >= 11 is 0. The van der Waals surface area contributed by atoms with Gasteiger partial charge in [0.2, 0.25) is 0 Å². The van der Waals surface area contributed by atoms with Crippen LogP contribution < -0.4 is 10.1 Å². The van der Waals surface area contributed by atoms with Crippen LogP contribution in [0.15, 0.2) is 36.7 Å². The molecule has 1 aromatic heterocycles. The highest BCUT2D eigenvalue weighted by atomic mass is 16.5. The number of aromatic nitrogens is 3. The predicted octanol–water partition coefficient (Wildman–Crippen LogP) is 2.55. The minimum atomic E-state index is -0.0143. The number of hydrogen-bond donors (Lipinski definition) is 2. The fraction of sp³-hybridized carbons (Fsp3) is 0.500. The van der Waals surface area contributed by atoms with Crippen LogP contribution in [0.3, 0.4) is 0 Å².